The predicted molar refractivity (Wildman–Crippen MR) is 86.7 cm³/mol. The maximum atomic E-state index is 13.8. The minimum Gasteiger partial charge on any atom is -0.315 e. The lowest BCUT2D eigenvalue weighted by atomic mass is 10.2. The van der Waals surface area contributed by atoms with Gasteiger partial charge in [-0.3, -0.25) is 4.72 Å². The van der Waals surface area contributed by atoms with Crippen molar-refractivity contribution < 1.29 is 12.8 Å². The molecule has 1 heterocycles. The molecule has 0 amide bonds. The molecule has 0 radical (unpaired) electrons. The summed E-state index contributed by atoms with van der Waals surface area (Å²) >= 11 is 4.57. The van der Waals surface area contributed by atoms with E-state index in [0.29, 0.717) is 10.3 Å². The van der Waals surface area contributed by atoms with Crippen LogP contribution in [0, 0.1) is 12.7 Å². The van der Waals surface area contributed by atoms with Crippen LogP contribution in [0.5, 0.6) is 0 Å². The molecule has 0 aliphatic heterocycles. The SMILES string of the molecule is CNCc1cc(S(=O)(=O)Nc2ccc(C)cc2F)c(Br)s1. The van der Waals surface area contributed by atoms with Crippen molar-refractivity contribution in [2.75, 3.05) is 11.8 Å². The van der Waals surface area contributed by atoms with Crippen LogP contribution < -0.4 is 10.0 Å². The summed E-state index contributed by atoms with van der Waals surface area (Å²) in [7, 11) is -2.05. The molecule has 1 aromatic heterocycles. The number of rotatable bonds is 5. The smallest absolute Gasteiger partial charge is 0.263 e. The van der Waals surface area contributed by atoms with Crippen LogP contribution in [-0.4, -0.2) is 15.5 Å². The van der Waals surface area contributed by atoms with E-state index in [-0.39, 0.29) is 10.6 Å². The van der Waals surface area contributed by atoms with Crippen LogP contribution in [0.2, 0.25) is 0 Å². The lowest BCUT2D eigenvalue weighted by molar-refractivity contribution is 0.598. The molecule has 0 saturated carbocycles. The first kappa shape index (κ1) is 16.4. The molecule has 4 nitrogen and oxygen atoms in total. The quantitative estimate of drug-likeness (QED) is 0.818. The highest BCUT2D eigenvalue weighted by Gasteiger charge is 2.22. The van der Waals surface area contributed by atoms with Crippen LogP contribution in [0.25, 0.3) is 0 Å². The van der Waals surface area contributed by atoms with Crippen molar-refractivity contribution in [2.24, 2.45) is 0 Å². The molecule has 114 valence electrons. The van der Waals surface area contributed by atoms with Crippen LogP contribution in [0.3, 0.4) is 0 Å². The summed E-state index contributed by atoms with van der Waals surface area (Å²) in [4.78, 5) is 0.979. The fourth-order valence-corrected chi connectivity index (χ4v) is 5.51. The maximum absolute atomic E-state index is 13.8. The molecule has 2 N–H and O–H groups in total. The van der Waals surface area contributed by atoms with Crippen LogP contribution >= 0.6 is 27.3 Å². The molecule has 0 fully saturated rings. The van der Waals surface area contributed by atoms with Gasteiger partial charge in [0.15, 0.2) is 0 Å². The van der Waals surface area contributed by atoms with Gasteiger partial charge in [-0.05, 0) is 53.7 Å². The van der Waals surface area contributed by atoms with E-state index in [0.717, 1.165) is 10.4 Å². The van der Waals surface area contributed by atoms with Gasteiger partial charge in [-0.1, -0.05) is 6.07 Å². The van der Waals surface area contributed by atoms with Crippen molar-refractivity contribution in [3.05, 3.63) is 44.3 Å². The van der Waals surface area contributed by atoms with Crippen LogP contribution in [0.15, 0.2) is 32.9 Å². The summed E-state index contributed by atoms with van der Waals surface area (Å²) in [5.41, 5.74) is 0.664. The molecule has 0 bridgehead atoms. The molecule has 0 atom stereocenters. The van der Waals surface area contributed by atoms with Gasteiger partial charge >= 0.3 is 0 Å². The molecule has 2 aromatic rings. The normalized spacial score (nSPS) is 11.6. The van der Waals surface area contributed by atoms with E-state index in [2.05, 4.69) is 26.0 Å². The molecule has 1 aromatic carbocycles. The Kier molecular flexibility index (Phi) is 5.03. The molecule has 0 aliphatic carbocycles. The Labute approximate surface area is 135 Å². The Bertz CT molecular complexity index is 760. The van der Waals surface area contributed by atoms with Gasteiger partial charge in [0.1, 0.15) is 10.7 Å². The molecule has 2 rings (SSSR count). The van der Waals surface area contributed by atoms with Gasteiger partial charge in [-0.15, -0.1) is 11.3 Å². The average Bonchev–Trinajstić information content (AvgIpc) is 2.75. The Morgan fingerprint density at radius 3 is 2.67 bits per heavy atom. The summed E-state index contributed by atoms with van der Waals surface area (Å²) in [6.45, 7) is 2.30. The van der Waals surface area contributed by atoms with Crippen molar-refractivity contribution in [3.8, 4) is 0 Å². The minimum absolute atomic E-state index is 0.0612. The highest BCUT2D eigenvalue weighted by atomic mass is 79.9. The number of benzene rings is 1. The van der Waals surface area contributed by atoms with Gasteiger partial charge in [0, 0.05) is 11.4 Å². The van der Waals surface area contributed by atoms with E-state index in [4.69, 9.17) is 0 Å². The molecular formula is C13H14BrFN2O2S2. The summed E-state index contributed by atoms with van der Waals surface area (Å²) in [5.74, 6) is -0.597. The maximum Gasteiger partial charge on any atom is 0.263 e. The summed E-state index contributed by atoms with van der Waals surface area (Å²) in [6.07, 6.45) is 0. The molecule has 0 unspecified atom stereocenters. The van der Waals surface area contributed by atoms with E-state index in [9.17, 15) is 12.8 Å². The molecule has 0 saturated heterocycles. The number of sulfonamides is 1. The molecule has 0 aliphatic rings. The zero-order valence-electron chi connectivity index (χ0n) is 11.4. The second-order valence-electron chi connectivity index (χ2n) is 4.47. The highest BCUT2D eigenvalue weighted by Crippen LogP contribution is 2.33. The summed E-state index contributed by atoms with van der Waals surface area (Å²) < 4.78 is 41.3. The fourth-order valence-electron chi connectivity index (χ4n) is 1.75. The van der Waals surface area contributed by atoms with Crippen molar-refractivity contribution in [2.45, 2.75) is 18.4 Å². The largest absolute Gasteiger partial charge is 0.315 e. The lowest BCUT2D eigenvalue weighted by Gasteiger charge is -2.08. The number of thiophene rings is 1. The van der Waals surface area contributed by atoms with E-state index >= 15 is 0 Å². The Balaban J connectivity index is 2.34. The summed E-state index contributed by atoms with van der Waals surface area (Å²) in [6, 6.07) is 5.92. The molecule has 21 heavy (non-hydrogen) atoms. The lowest BCUT2D eigenvalue weighted by Crippen LogP contribution is -2.14. The number of nitrogens with one attached hydrogen (secondary N) is 2. The summed E-state index contributed by atoms with van der Waals surface area (Å²) in [5, 5.41) is 2.96. The Morgan fingerprint density at radius 1 is 1.33 bits per heavy atom. The number of hydrogen-bond acceptors (Lipinski definition) is 4. The molecule has 0 spiro atoms. The minimum atomic E-state index is -3.83. The van der Waals surface area contributed by atoms with Gasteiger partial charge in [0.2, 0.25) is 0 Å². The second kappa shape index (κ2) is 6.43. The topological polar surface area (TPSA) is 58.2 Å². The first-order chi connectivity index (χ1) is 9.83. The first-order valence-corrected chi connectivity index (χ1v) is 9.14. The van der Waals surface area contributed by atoms with Crippen LogP contribution in [0.4, 0.5) is 10.1 Å². The number of hydrogen-bond donors (Lipinski definition) is 2. The number of halogens is 2. The van der Waals surface area contributed by atoms with Gasteiger partial charge < -0.3 is 5.32 Å². The standard InChI is InChI=1S/C13H14BrFN2O2S2/c1-8-3-4-11(10(15)5-8)17-21(18,19)12-6-9(7-16-2)20-13(12)14/h3-6,16-17H,7H2,1-2H3. The van der Waals surface area contributed by atoms with Crippen LogP contribution in [0.1, 0.15) is 10.4 Å². The monoisotopic (exact) mass is 392 g/mol. The van der Waals surface area contributed by atoms with Gasteiger partial charge in [0.25, 0.3) is 10.0 Å². The molecular weight excluding hydrogens is 379 g/mol. The van der Waals surface area contributed by atoms with E-state index < -0.39 is 15.8 Å². The second-order valence-corrected chi connectivity index (χ2v) is 8.58. The number of aryl methyl sites for hydroxylation is 1. The van der Waals surface area contributed by atoms with E-state index in [1.54, 1.807) is 26.1 Å². The average molecular weight is 393 g/mol. The van der Waals surface area contributed by atoms with Gasteiger partial charge in [0.05, 0.1) is 9.47 Å². The number of anilines is 1. The molecule has 8 heteroatoms. The van der Waals surface area contributed by atoms with Crippen molar-refractivity contribution in [1.29, 1.82) is 0 Å². The van der Waals surface area contributed by atoms with Crippen LogP contribution in [-0.2, 0) is 16.6 Å². The highest BCUT2D eigenvalue weighted by molar-refractivity contribution is 9.11. The third kappa shape index (κ3) is 3.82. The zero-order valence-corrected chi connectivity index (χ0v) is 14.6. The predicted octanol–water partition coefficient (Wildman–Crippen LogP) is 3.48. The van der Waals surface area contributed by atoms with Gasteiger partial charge in [-0.25, -0.2) is 12.8 Å². The third-order valence-corrected chi connectivity index (χ3v) is 6.33. The zero-order chi connectivity index (χ0) is 15.6. The van der Waals surface area contributed by atoms with Gasteiger partial charge in [-0.2, -0.15) is 0 Å². The Hall–Kier alpha value is -0.960. The first-order valence-electron chi connectivity index (χ1n) is 6.05. The fraction of sp³-hybridized carbons (Fsp3) is 0.231. The van der Waals surface area contributed by atoms with E-state index in [1.165, 1.54) is 23.5 Å². The van der Waals surface area contributed by atoms with Crippen molar-refractivity contribution in [1.82, 2.24) is 5.32 Å². The van der Waals surface area contributed by atoms with Crippen molar-refractivity contribution >= 4 is 43.0 Å². The third-order valence-electron chi connectivity index (χ3n) is 2.72. The van der Waals surface area contributed by atoms with Crippen molar-refractivity contribution in [3.63, 3.8) is 0 Å². The Morgan fingerprint density at radius 2 is 2.05 bits per heavy atom. The van der Waals surface area contributed by atoms with E-state index in [1.807, 2.05) is 0 Å².